The molecule has 0 saturated carbocycles. The number of rotatable bonds is 4. The summed E-state index contributed by atoms with van der Waals surface area (Å²) in [4.78, 5) is 2.42. The van der Waals surface area contributed by atoms with Gasteiger partial charge in [0.05, 0.1) is 14.8 Å². The Hall–Kier alpha value is 0.137. The summed E-state index contributed by atoms with van der Waals surface area (Å²) >= 11 is 0. The highest BCUT2D eigenvalue weighted by molar-refractivity contribution is 6.76. The van der Waals surface area contributed by atoms with Crippen LogP contribution in [0.2, 0.25) is 19.6 Å². The van der Waals surface area contributed by atoms with Crippen LogP contribution in [0, 0.1) is 0 Å². The van der Waals surface area contributed by atoms with E-state index >= 15 is 0 Å². The first-order chi connectivity index (χ1) is 5.67. The van der Waals surface area contributed by atoms with Crippen molar-refractivity contribution in [1.29, 1.82) is 0 Å². The predicted octanol–water partition coefficient (Wildman–Crippen LogP) is 2.57. The highest BCUT2D eigenvalue weighted by Crippen LogP contribution is 2.16. The van der Waals surface area contributed by atoms with E-state index in [2.05, 4.69) is 45.3 Å². The van der Waals surface area contributed by atoms with Crippen molar-refractivity contribution in [1.82, 2.24) is 4.90 Å². The molecule has 0 amide bonds. The summed E-state index contributed by atoms with van der Waals surface area (Å²) in [5.41, 5.74) is 0.219. The van der Waals surface area contributed by atoms with Crippen LogP contribution in [0.25, 0.3) is 0 Å². The quantitative estimate of drug-likeness (QED) is 0.514. The van der Waals surface area contributed by atoms with Crippen molar-refractivity contribution in [2.24, 2.45) is 0 Å². The number of nitrogens with zero attached hydrogens (tertiary/aromatic N) is 1. The summed E-state index contributed by atoms with van der Waals surface area (Å²) < 4.78 is 5.22. The van der Waals surface area contributed by atoms with E-state index < -0.39 is 8.07 Å². The van der Waals surface area contributed by atoms with Gasteiger partial charge in [0.1, 0.15) is 0 Å². The summed E-state index contributed by atoms with van der Waals surface area (Å²) in [5.74, 6) is 0. The third kappa shape index (κ3) is 6.24. The van der Waals surface area contributed by atoms with Crippen LogP contribution in [0.4, 0.5) is 0 Å². The van der Waals surface area contributed by atoms with Gasteiger partial charge in [-0.25, -0.2) is 0 Å². The topological polar surface area (TPSA) is 12.5 Å². The van der Waals surface area contributed by atoms with Crippen LogP contribution < -0.4 is 0 Å². The average molecular weight is 203 g/mol. The molecule has 0 heterocycles. The first-order valence-corrected chi connectivity index (χ1v) is 8.61. The van der Waals surface area contributed by atoms with Crippen molar-refractivity contribution < 1.29 is 4.74 Å². The number of methoxy groups -OCH3 is 1. The largest absolute Gasteiger partial charge is 0.369 e. The normalized spacial score (nSPS) is 13.8. The van der Waals surface area contributed by atoms with E-state index in [0.29, 0.717) is 0 Å². The fourth-order valence-corrected chi connectivity index (χ4v) is 2.92. The smallest absolute Gasteiger partial charge is 0.0988 e. The van der Waals surface area contributed by atoms with Gasteiger partial charge in [-0.15, -0.1) is 0 Å². The van der Waals surface area contributed by atoms with Crippen LogP contribution in [-0.2, 0) is 4.74 Å². The molecule has 0 spiro atoms. The Balaban J connectivity index is 4.27. The van der Waals surface area contributed by atoms with E-state index in [1.165, 1.54) is 6.17 Å². The molecule has 0 fully saturated rings. The fraction of sp³-hybridized carbons (Fsp3) is 1.00. The molecule has 0 saturated heterocycles. The molecular weight excluding hydrogens is 178 g/mol. The van der Waals surface area contributed by atoms with Crippen LogP contribution >= 0.6 is 0 Å². The lowest BCUT2D eigenvalue weighted by molar-refractivity contribution is 0.0180. The molecule has 0 bridgehead atoms. The second kappa shape index (κ2) is 4.58. The summed E-state index contributed by atoms with van der Waals surface area (Å²) in [7, 11) is 0.745. The van der Waals surface area contributed by atoms with Gasteiger partial charge in [-0.05, 0) is 26.9 Å². The van der Waals surface area contributed by atoms with Crippen LogP contribution in [-0.4, -0.2) is 38.5 Å². The lowest BCUT2D eigenvalue weighted by Gasteiger charge is -2.38. The Kier molecular flexibility index (Phi) is 4.62. The molecule has 0 aliphatic carbocycles. The first-order valence-electron chi connectivity index (χ1n) is 4.91. The van der Waals surface area contributed by atoms with Gasteiger partial charge < -0.3 is 4.74 Å². The van der Waals surface area contributed by atoms with Crippen molar-refractivity contribution in [3.63, 3.8) is 0 Å². The first kappa shape index (κ1) is 13.1. The van der Waals surface area contributed by atoms with Crippen LogP contribution in [0.3, 0.4) is 0 Å². The summed E-state index contributed by atoms with van der Waals surface area (Å²) in [5, 5.41) is 0. The van der Waals surface area contributed by atoms with Crippen LogP contribution in [0.1, 0.15) is 20.8 Å². The Morgan fingerprint density at radius 1 is 1.15 bits per heavy atom. The molecule has 0 unspecified atom stereocenters. The van der Waals surface area contributed by atoms with Gasteiger partial charge in [0.2, 0.25) is 0 Å². The molecule has 2 nitrogen and oxygen atoms in total. The monoisotopic (exact) mass is 203 g/mol. The Morgan fingerprint density at radius 3 is 1.85 bits per heavy atom. The van der Waals surface area contributed by atoms with Crippen molar-refractivity contribution in [2.45, 2.75) is 46.0 Å². The third-order valence-corrected chi connectivity index (χ3v) is 3.23. The molecule has 0 N–H and O–H groups in total. The Morgan fingerprint density at radius 2 is 1.62 bits per heavy atom. The summed E-state index contributed by atoms with van der Waals surface area (Å²) in [6, 6.07) is 0. The zero-order valence-electron chi connectivity index (χ0n) is 10.3. The summed E-state index contributed by atoms with van der Waals surface area (Å²) in [6.07, 6.45) is 1.20. The molecule has 0 aromatic carbocycles. The third-order valence-electron chi connectivity index (χ3n) is 1.90. The molecule has 0 atom stereocenters. The van der Waals surface area contributed by atoms with E-state index in [9.17, 15) is 0 Å². The molecule has 13 heavy (non-hydrogen) atoms. The van der Waals surface area contributed by atoms with Gasteiger partial charge in [0.15, 0.2) is 0 Å². The van der Waals surface area contributed by atoms with Gasteiger partial charge in [0.25, 0.3) is 0 Å². The van der Waals surface area contributed by atoms with Gasteiger partial charge >= 0.3 is 0 Å². The number of hydrogen-bond donors (Lipinski definition) is 0. The highest BCUT2D eigenvalue weighted by Gasteiger charge is 2.26. The minimum absolute atomic E-state index is 0.219. The van der Waals surface area contributed by atoms with Gasteiger partial charge in [-0.1, -0.05) is 19.6 Å². The lowest BCUT2D eigenvalue weighted by Crippen LogP contribution is -2.50. The van der Waals surface area contributed by atoms with Crippen molar-refractivity contribution >= 4 is 8.07 Å². The molecule has 0 aliphatic heterocycles. The van der Waals surface area contributed by atoms with Crippen molar-refractivity contribution in [3.8, 4) is 0 Å². The van der Waals surface area contributed by atoms with Gasteiger partial charge in [0, 0.05) is 12.6 Å². The Labute approximate surface area is 84.3 Å². The minimum atomic E-state index is -1.02. The second-order valence-corrected chi connectivity index (χ2v) is 11.3. The Bertz CT molecular complexity index is 146. The fourth-order valence-electron chi connectivity index (χ4n) is 1.20. The van der Waals surface area contributed by atoms with E-state index in [1.807, 2.05) is 0 Å². The molecule has 3 heteroatoms. The molecule has 0 radical (unpaired) electrons. The second-order valence-electron chi connectivity index (χ2n) is 5.85. The standard InChI is InChI=1S/C10H25NOSi/c1-10(2,3)11(8-12-4)9-13(5,6)7/h8-9H2,1-7H3. The van der Waals surface area contributed by atoms with E-state index in [4.69, 9.17) is 4.74 Å². The lowest BCUT2D eigenvalue weighted by atomic mass is 10.1. The zero-order valence-corrected chi connectivity index (χ0v) is 11.3. The summed E-state index contributed by atoms with van der Waals surface area (Å²) in [6.45, 7) is 14.6. The van der Waals surface area contributed by atoms with Crippen molar-refractivity contribution in [2.75, 3.05) is 20.0 Å². The predicted molar refractivity (Wildman–Crippen MR) is 61.7 cm³/mol. The molecule has 0 aromatic heterocycles. The molecular formula is C10H25NOSi. The van der Waals surface area contributed by atoms with Gasteiger partial charge in [-0.2, -0.15) is 0 Å². The molecule has 0 aliphatic rings. The maximum absolute atomic E-state index is 5.22. The van der Waals surface area contributed by atoms with Crippen LogP contribution in [0.5, 0.6) is 0 Å². The minimum Gasteiger partial charge on any atom is -0.369 e. The molecule has 0 rings (SSSR count). The number of ether oxygens (including phenoxy) is 1. The maximum Gasteiger partial charge on any atom is 0.0988 e. The van der Waals surface area contributed by atoms with E-state index in [-0.39, 0.29) is 5.54 Å². The average Bonchev–Trinajstić information content (AvgIpc) is 1.81. The maximum atomic E-state index is 5.22. The highest BCUT2D eigenvalue weighted by atomic mass is 28.3. The zero-order chi connectivity index (χ0) is 10.7. The van der Waals surface area contributed by atoms with Crippen LogP contribution in [0.15, 0.2) is 0 Å². The SMILES string of the molecule is COCN(C[Si](C)(C)C)C(C)(C)C. The molecule has 80 valence electrons. The number of hydrogen-bond acceptors (Lipinski definition) is 2. The van der Waals surface area contributed by atoms with E-state index in [0.717, 1.165) is 6.73 Å². The van der Waals surface area contributed by atoms with Crippen molar-refractivity contribution in [3.05, 3.63) is 0 Å². The van der Waals surface area contributed by atoms with E-state index in [1.54, 1.807) is 7.11 Å². The molecule has 0 aromatic rings. The van der Waals surface area contributed by atoms with Gasteiger partial charge in [-0.3, -0.25) is 4.90 Å².